The van der Waals surface area contributed by atoms with Crippen molar-refractivity contribution in [2.24, 2.45) is 11.7 Å². The summed E-state index contributed by atoms with van der Waals surface area (Å²) in [6.07, 6.45) is 8.39. The Bertz CT molecular complexity index is 946. The molecule has 8 heteroatoms. The van der Waals surface area contributed by atoms with Crippen LogP contribution < -0.4 is 10.6 Å². The average Bonchev–Trinajstić information content (AvgIpc) is 3.20. The number of aromatic nitrogens is 2. The first-order chi connectivity index (χ1) is 15.3. The highest BCUT2D eigenvalue weighted by Crippen LogP contribution is 2.39. The molecule has 0 spiro atoms. The molecular formula is C24H39N5O2Si. The Balaban J connectivity index is 1.62. The van der Waals surface area contributed by atoms with Crippen molar-refractivity contribution in [1.29, 1.82) is 0 Å². The van der Waals surface area contributed by atoms with E-state index in [1.54, 1.807) is 6.20 Å². The van der Waals surface area contributed by atoms with E-state index in [4.69, 9.17) is 15.5 Å². The second-order valence-electron chi connectivity index (χ2n) is 10.6. The van der Waals surface area contributed by atoms with Crippen LogP contribution in [0.4, 0.5) is 5.69 Å². The average molecular weight is 458 g/mol. The first-order valence-corrected chi connectivity index (χ1v) is 15.8. The molecule has 1 aliphatic carbocycles. The Morgan fingerprint density at radius 1 is 1.22 bits per heavy atom. The highest BCUT2D eigenvalue weighted by atomic mass is 28.3. The van der Waals surface area contributed by atoms with E-state index in [2.05, 4.69) is 35.2 Å². The van der Waals surface area contributed by atoms with Gasteiger partial charge in [0.2, 0.25) is 0 Å². The zero-order valence-corrected chi connectivity index (χ0v) is 21.1. The third-order valence-corrected chi connectivity index (χ3v) is 8.79. The monoisotopic (exact) mass is 457 g/mol. The molecule has 0 atom stereocenters. The Labute approximate surface area is 192 Å². The van der Waals surface area contributed by atoms with Gasteiger partial charge in [0, 0.05) is 45.0 Å². The lowest BCUT2D eigenvalue weighted by atomic mass is 9.85. The quantitative estimate of drug-likeness (QED) is 0.477. The van der Waals surface area contributed by atoms with Gasteiger partial charge in [-0.25, -0.2) is 4.98 Å². The molecule has 0 saturated heterocycles. The summed E-state index contributed by atoms with van der Waals surface area (Å²) < 4.78 is 8.06. The van der Waals surface area contributed by atoms with Gasteiger partial charge in [0.25, 0.3) is 5.91 Å². The van der Waals surface area contributed by atoms with Crippen molar-refractivity contribution < 1.29 is 9.53 Å². The molecule has 0 radical (unpaired) electrons. The van der Waals surface area contributed by atoms with E-state index in [1.807, 2.05) is 18.0 Å². The molecule has 3 heterocycles. The van der Waals surface area contributed by atoms with Crippen molar-refractivity contribution in [2.45, 2.75) is 71.1 Å². The number of amides is 1. The zero-order valence-electron chi connectivity index (χ0n) is 20.1. The van der Waals surface area contributed by atoms with Gasteiger partial charge in [-0.1, -0.05) is 19.6 Å². The smallest absolute Gasteiger partial charge is 0.258 e. The Hall–Kier alpha value is -1.90. The molecule has 2 aromatic rings. The molecule has 4 rings (SSSR count). The van der Waals surface area contributed by atoms with Gasteiger partial charge in [0.05, 0.1) is 17.9 Å². The summed E-state index contributed by atoms with van der Waals surface area (Å²) >= 11 is 0. The van der Waals surface area contributed by atoms with E-state index in [-0.39, 0.29) is 5.91 Å². The molecule has 1 saturated carbocycles. The van der Waals surface area contributed by atoms with Crippen molar-refractivity contribution in [3.05, 3.63) is 24.0 Å². The molecule has 32 heavy (non-hydrogen) atoms. The van der Waals surface area contributed by atoms with Gasteiger partial charge < -0.3 is 24.8 Å². The van der Waals surface area contributed by atoms with E-state index in [1.165, 1.54) is 0 Å². The fraction of sp³-hybridized carbons (Fsp3) is 0.667. The van der Waals surface area contributed by atoms with Crippen LogP contribution in [0.2, 0.25) is 25.7 Å². The topological polar surface area (TPSA) is 76.6 Å². The Kier molecular flexibility index (Phi) is 6.93. The molecule has 2 aromatic heterocycles. The van der Waals surface area contributed by atoms with E-state index in [0.717, 1.165) is 67.2 Å². The van der Waals surface area contributed by atoms with Crippen LogP contribution in [0, 0.1) is 5.92 Å². The van der Waals surface area contributed by atoms with Crippen LogP contribution in [0.25, 0.3) is 11.0 Å². The summed E-state index contributed by atoms with van der Waals surface area (Å²) in [6.45, 7) is 12.5. The highest BCUT2D eigenvalue weighted by Gasteiger charge is 2.36. The molecule has 7 nitrogen and oxygen atoms in total. The SMILES string of the molecule is CCN1CN(C2CCC(CN)CC2)c2c(cnc3c2ccn3COCC[Si](C)(C)C)C1=O. The van der Waals surface area contributed by atoms with Crippen LogP contribution in [0.5, 0.6) is 0 Å². The normalized spacial score (nSPS) is 22.0. The number of pyridine rings is 1. The number of hydrogen-bond donors (Lipinski definition) is 1. The lowest BCUT2D eigenvalue weighted by Crippen LogP contribution is -2.51. The molecule has 1 amide bonds. The summed E-state index contributed by atoms with van der Waals surface area (Å²) in [4.78, 5) is 22.2. The first-order valence-electron chi connectivity index (χ1n) is 12.1. The minimum Gasteiger partial charge on any atom is -0.361 e. The zero-order chi connectivity index (χ0) is 22.9. The molecule has 1 fully saturated rings. The van der Waals surface area contributed by atoms with Crippen LogP contribution >= 0.6 is 0 Å². The van der Waals surface area contributed by atoms with Crippen molar-refractivity contribution in [3.63, 3.8) is 0 Å². The van der Waals surface area contributed by atoms with Gasteiger partial charge in [-0.2, -0.15) is 0 Å². The number of hydrogen-bond acceptors (Lipinski definition) is 5. The van der Waals surface area contributed by atoms with Gasteiger partial charge in [-0.05, 0) is 57.2 Å². The standard InChI is InChI=1S/C24H39N5O2Si/c1-5-27-16-29(19-8-6-18(14-25)7-9-19)22-20-10-11-28(17-31-12-13-32(2,3)4)23(20)26-15-21(22)24(27)30/h10-11,15,18-19H,5-9,12-14,16-17,25H2,1-4H3. The molecule has 176 valence electrons. The van der Waals surface area contributed by atoms with Gasteiger partial charge >= 0.3 is 0 Å². The minimum atomic E-state index is -1.11. The maximum absolute atomic E-state index is 13.1. The molecule has 1 aliphatic heterocycles. The van der Waals surface area contributed by atoms with E-state index < -0.39 is 8.07 Å². The number of fused-ring (bicyclic) bond motifs is 3. The Morgan fingerprint density at radius 2 is 1.97 bits per heavy atom. The molecule has 2 aliphatic rings. The second kappa shape index (κ2) is 9.53. The van der Waals surface area contributed by atoms with Crippen LogP contribution in [0.1, 0.15) is 43.0 Å². The van der Waals surface area contributed by atoms with Crippen LogP contribution in [0.15, 0.2) is 18.5 Å². The minimum absolute atomic E-state index is 0.0860. The van der Waals surface area contributed by atoms with Gasteiger partial charge in [-0.15, -0.1) is 0 Å². The van der Waals surface area contributed by atoms with E-state index in [0.29, 0.717) is 31.9 Å². The van der Waals surface area contributed by atoms with E-state index >= 15 is 0 Å². The number of ether oxygens (including phenoxy) is 1. The van der Waals surface area contributed by atoms with Gasteiger partial charge in [0.1, 0.15) is 12.4 Å². The van der Waals surface area contributed by atoms with Crippen LogP contribution in [-0.2, 0) is 11.5 Å². The van der Waals surface area contributed by atoms with E-state index in [9.17, 15) is 4.79 Å². The number of carbonyl (C=O) groups excluding carboxylic acids is 1. The summed E-state index contributed by atoms with van der Waals surface area (Å²) in [5.74, 6) is 0.717. The predicted molar refractivity (Wildman–Crippen MR) is 133 cm³/mol. The third-order valence-electron chi connectivity index (χ3n) is 7.09. The summed E-state index contributed by atoms with van der Waals surface area (Å²) in [6, 6.07) is 3.69. The maximum atomic E-state index is 13.1. The van der Waals surface area contributed by atoms with Crippen molar-refractivity contribution in [1.82, 2.24) is 14.5 Å². The molecule has 0 aromatic carbocycles. The second-order valence-corrected chi connectivity index (χ2v) is 16.2. The lowest BCUT2D eigenvalue weighted by molar-refractivity contribution is 0.0741. The van der Waals surface area contributed by atoms with Gasteiger partial charge in [-0.3, -0.25) is 4.79 Å². The highest BCUT2D eigenvalue weighted by molar-refractivity contribution is 6.76. The number of nitrogens with zero attached hydrogens (tertiary/aromatic N) is 4. The van der Waals surface area contributed by atoms with Crippen LogP contribution in [0.3, 0.4) is 0 Å². The third kappa shape index (κ3) is 4.72. The summed E-state index contributed by atoms with van der Waals surface area (Å²) in [5.41, 5.74) is 8.61. The fourth-order valence-electron chi connectivity index (χ4n) is 4.96. The molecule has 2 N–H and O–H groups in total. The number of rotatable bonds is 8. The maximum Gasteiger partial charge on any atom is 0.258 e. The fourth-order valence-corrected chi connectivity index (χ4v) is 5.72. The summed E-state index contributed by atoms with van der Waals surface area (Å²) in [7, 11) is -1.11. The number of nitrogens with two attached hydrogens (primary N) is 1. The largest absolute Gasteiger partial charge is 0.361 e. The van der Waals surface area contributed by atoms with Gasteiger partial charge in [0.15, 0.2) is 0 Å². The molecule has 0 bridgehead atoms. The predicted octanol–water partition coefficient (Wildman–Crippen LogP) is 4.11. The lowest BCUT2D eigenvalue weighted by Gasteiger charge is -2.44. The van der Waals surface area contributed by atoms with Crippen molar-refractivity contribution >= 4 is 30.7 Å². The molecular weight excluding hydrogens is 418 g/mol. The van der Waals surface area contributed by atoms with Crippen molar-refractivity contribution in [2.75, 3.05) is 31.3 Å². The molecule has 0 unspecified atom stereocenters. The van der Waals surface area contributed by atoms with Crippen molar-refractivity contribution in [3.8, 4) is 0 Å². The number of anilines is 1. The van der Waals surface area contributed by atoms with Crippen LogP contribution in [-0.4, -0.2) is 60.8 Å². The first kappa shape index (κ1) is 23.3. The Morgan fingerprint density at radius 3 is 2.62 bits per heavy atom. The summed E-state index contributed by atoms with van der Waals surface area (Å²) in [5, 5.41) is 1.06. The number of carbonyl (C=O) groups is 1.